The molecule has 2 aromatic heterocycles. The summed E-state index contributed by atoms with van der Waals surface area (Å²) in [6, 6.07) is 15.1. The summed E-state index contributed by atoms with van der Waals surface area (Å²) in [5.41, 5.74) is 2.84. The zero-order valence-corrected chi connectivity index (χ0v) is 34.9. The van der Waals surface area contributed by atoms with Crippen molar-refractivity contribution in [3.05, 3.63) is 66.5 Å². The molecule has 59 heavy (non-hydrogen) atoms. The van der Waals surface area contributed by atoms with Crippen LogP contribution in [0.5, 0.6) is 0 Å². The standard InChI is InChI=1S/C43H56N10O6/c1-42(2,3)58-40(56)46-25-28-10-12-30(13-11-28)36(54)24-33(38(55)47-35-16-14-31(15-17-35)37-48-50-51-49-37)23-29-8-7-9-32(22-29)34-26-44-39(45-27-34)52-18-20-53(21-19-52)41(57)59-43(4,5)6/h7-9,14-17,22,26-28,30,33H,10-13,18-21,23-25H2,1-6H3,(H,46,56)(H,47,55)(H,48,49,50,51)/t28?,30?,33-/m1/s1. The molecule has 1 aliphatic carbocycles. The van der Waals surface area contributed by atoms with Crippen LogP contribution >= 0.6 is 0 Å². The molecule has 1 saturated heterocycles. The highest BCUT2D eigenvalue weighted by atomic mass is 16.6. The molecule has 2 aliphatic rings. The summed E-state index contributed by atoms with van der Waals surface area (Å²) >= 11 is 0. The van der Waals surface area contributed by atoms with E-state index in [0.717, 1.165) is 35.1 Å². The van der Waals surface area contributed by atoms with Gasteiger partial charge >= 0.3 is 12.2 Å². The first kappa shape index (κ1) is 42.7. The molecule has 2 aromatic carbocycles. The lowest BCUT2D eigenvalue weighted by atomic mass is 9.77. The molecule has 2 fully saturated rings. The third-order valence-corrected chi connectivity index (χ3v) is 10.4. The van der Waals surface area contributed by atoms with Gasteiger partial charge in [-0.05, 0) is 120 Å². The molecular weight excluding hydrogens is 753 g/mol. The molecule has 1 saturated carbocycles. The van der Waals surface area contributed by atoms with Gasteiger partial charge in [-0.3, -0.25) is 9.59 Å². The zero-order chi connectivity index (χ0) is 42.2. The molecule has 1 atom stereocenters. The average molecular weight is 809 g/mol. The van der Waals surface area contributed by atoms with E-state index in [0.29, 0.717) is 69.4 Å². The molecule has 1 aliphatic heterocycles. The number of anilines is 2. The normalized spacial score (nSPS) is 17.8. The third kappa shape index (κ3) is 12.5. The van der Waals surface area contributed by atoms with Crippen LogP contribution in [0.1, 0.15) is 79.2 Å². The van der Waals surface area contributed by atoms with Gasteiger partial charge in [0.2, 0.25) is 17.7 Å². The summed E-state index contributed by atoms with van der Waals surface area (Å²) in [6.45, 7) is 13.8. The molecule has 16 heteroatoms. The Hall–Kier alpha value is -5.93. The fraction of sp³-hybridized carbons (Fsp3) is 0.512. The summed E-state index contributed by atoms with van der Waals surface area (Å²) < 4.78 is 10.9. The van der Waals surface area contributed by atoms with E-state index in [4.69, 9.17) is 9.47 Å². The maximum atomic E-state index is 14.0. The van der Waals surface area contributed by atoms with Crippen molar-refractivity contribution in [1.82, 2.24) is 40.8 Å². The number of Topliss-reactive ketones (excluding diaryl/α,β-unsaturated/α-hetero) is 1. The Morgan fingerprint density at radius 3 is 2.14 bits per heavy atom. The average Bonchev–Trinajstić information content (AvgIpc) is 3.75. The van der Waals surface area contributed by atoms with E-state index in [2.05, 4.69) is 41.2 Å². The van der Waals surface area contributed by atoms with Gasteiger partial charge in [-0.25, -0.2) is 19.6 Å². The topological polar surface area (TPSA) is 198 Å². The highest BCUT2D eigenvalue weighted by Gasteiger charge is 2.31. The summed E-state index contributed by atoms with van der Waals surface area (Å²) in [4.78, 5) is 65.7. The van der Waals surface area contributed by atoms with Crippen LogP contribution in [0, 0.1) is 17.8 Å². The Balaban J connectivity index is 1.10. The monoisotopic (exact) mass is 808 g/mol. The van der Waals surface area contributed by atoms with Crippen LogP contribution in [-0.4, -0.2) is 103 Å². The second kappa shape index (κ2) is 18.8. The molecule has 16 nitrogen and oxygen atoms in total. The maximum Gasteiger partial charge on any atom is 0.410 e. The molecule has 6 rings (SSSR count). The fourth-order valence-corrected chi connectivity index (χ4v) is 7.34. The fourth-order valence-electron chi connectivity index (χ4n) is 7.34. The quantitative estimate of drug-likeness (QED) is 0.141. The van der Waals surface area contributed by atoms with Gasteiger partial charge in [-0.2, -0.15) is 5.21 Å². The predicted octanol–water partition coefficient (Wildman–Crippen LogP) is 6.47. The smallest absolute Gasteiger partial charge is 0.410 e. The van der Waals surface area contributed by atoms with Crippen LogP contribution in [0.2, 0.25) is 0 Å². The van der Waals surface area contributed by atoms with Gasteiger partial charge in [0.1, 0.15) is 17.0 Å². The van der Waals surface area contributed by atoms with Gasteiger partial charge in [0.25, 0.3) is 0 Å². The first-order valence-corrected chi connectivity index (χ1v) is 20.4. The molecule has 0 radical (unpaired) electrons. The number of alkyl carbamates (subject to hydrolysis) is 1. The number of piperazine rings is 1. The van der Waals surface area contributed by atoms with E-state index < -0.39 is 23.2 Å². The Labute approximate surface area is 345 Å². The first-order valence-electron chi connectivity index (χ1n) is 20.4. The maximum absolute atomic E-state index is 14.0. The van der Waals surface area contributed by atoms with E-state index in [1.54, 1.807) is 41.6 Å². The van der Waals surface area contributed by atoms with Crippen molar-refractivity contribution in [3.8, 4) is 22.5 Å². The Kier molecular flexibility index (Phi) is 13.6. The molecule has 314 valence electrons. The van der Waals surface area contributed by atoms with Gasteiger partial charge in [-0.15, -0.1) is 10.2 Å². The number of hydrogen-bond donors (Lipinski definition) is 3. The van der Waals surface area contributed by atoms with Crippen LogP contribution in [0.3, 0.4) is 0 Å². The minimum absolute atomic E-state index is 0.0724. The number of nitrogens with one attached hydrogen (secondary N) is 3. The third-order valence-electron chi connectivity index (χ3n) is 10.4. The molecule has 0 bridgehead atoms. The number of carbonyl (C=O) groups is 4. The number of ketones is 1. The van der Waals surface area contributed by atoms with Crippen LogP contribution in [-0.2, 0) is 25.5 Å². The summed E-state index contributed by atoms with van der Waals surface area (Å²) in [6.07, 6.45) is 6.29. The summed E-state index contributed by atoms with van der Waals surface area (Å²) in [7, 11) is 0. The van der Waals surface area contributed by atoms with Crippen molar-refractivity contribution in [2.45, 2.75) is 91.3 Å². The van der Waals surface area contributed by atoms with Crippen LogP contribution in [0.4, 0.5) is 21.2 Å². The van der Waals surface area contributed by atoms with E-state index in [1.165, 1.54) is 0 Å². The number of nitrogens with zero attached hydrogens (tertiary/aromatic N) is 7. The van der Waals surface area contributed by atoms with Crippen molar-refractivity contribution < 1.29 is 28.7 Å². The lowest BCUT2D eigenvalue weighted by molar-refractivity contribution is -0.129. The lowest BCUT2D eigenvalue weighted by Crippen LogP contribution is -2.50. The van der Waals surface area contributed by atoms with Crippen molar-refractivity contribution in [2.24, 2.45) is 17.8 Å². The number of tetrazole rings is 1. The van der Waals surface area contributed by atoms with Gasteiger partial charge in [0.15, 0.2) is 0 Å². The van der Waals surface area contributed by atoms with Gasteiger partial charge in [-0.1, -0.05) is 24.3 Å². The number of ether oxygens (including phenoxy) is 2. The Morgan fingerprint density at radius 1 is 0.831 bits per heavy atom. The second-order valence-electron chi connectivity index (χ2n) is 17.4. The van der Waals surface area contributed by atoms with E-state index >= 15 is 0 Å². The first-order chi connectivity index (χ1) is 28.1. The highest BCUT2D eigenvalue weighted by Crippen LogP contribution is 2.32. The number of hydrogen-bond acceptors (Lipinski definition) is 12. The molecular formula is C43H56N10O6. The number of amides is 3. The summed E-state index contributed by atoms with van der Waals surface area (Å²) in [5, 5.41) is 20.0. The number of carbonyl (C=O) groups excluding carboxylic acids is 4. The zero-order valence-electron chi connectivity index (χ0n) is 34.9. The van der Waals surface area contributed by atoms with Crippen LogP contribution in [0.25, 0.3) is 22.5 Å². The van der Waals surface area contributed by atoms with Gasteiger partial charge in [0.05, 0.1) is 0 Å². The Bertz CT molecular complexity index is 2030. The number of aromatic nitrogens is 6. The van der Waals surface area contributed by atoms with Crippen molar-refractivity contribution in [1.29, 1.82) is 0 Å². The molecule has 3 amide bonds. The minimum atomic E-state index is -0.626. The van der Waals surface area contributed by atoms with Crippen molar-refractivity contribution in [2.75, 3.05) is 42.9 Å². The van der Waals surface area contributed by atoms with Gasteiger partial charge in [0, 0.05) is 80.2 Å². The number of aromatic amines is 1. The van der Waals surface area contributed by atoms with E-state index in [1.807, 2.05) is 70.7 Å². The highest BCUT2D eigenvalue weighted by molar-refractivity contribution is 5.96. The predicted molar refractivity (Wildman–Crippen MR) is 222 cm³/mol. The number of H-pyrrole nitrogens is 1. The Morgan fingerprint density at radius 2 is 1.51 bits per heavy atom. The largest absolute Gasteiger partial charge is 0.444 e. The summed E-state index contributed by atoms with van der Waals surface area (Å²) in [5.74, 6) is 0.339. The molecule has 3 N–H and O–H groups in total. The number of rotatable bonds is 12. The van der Waals surface area contributed by atoms with E-state index in [9.17, 15) is 19.2 Å². The molecule has 0 spiro atoms. The SMILES string of the molecule is CC(C)(C)OC(=O)NCC1CCC(C(=O)C[C@@H](Cc2cccc(-c3cnc(N4CCN(C(=O)OC(C)(C)C)CC4)nc3)c2)C(=O)Nc2ccc(-c3nn[nH]n3)cc2)CC1. The van der Waals surface area contributed by atoms with Crippen LogP contribution in [0.15, 0.2) is 60.9 Å². The van der Waals surface area contributed by atoms with Crippen molar-refractivity contribution >= 4 is 35.5 Å². The molecule has 0 unspecified atom stereocenters. The molecule has 4 aromatic rings. The number of benzene rings is 2. The lowest BCUT2D eigenvalue weighted by Gasteiger charge is -2.35. The van der Waals surface area contributed by atoms with E-state index in [-0.39, 0.29) is 36.0 Å². The van der Waals surface area contributed by atoms with Crippen LogP contribution < -0.4 is 15.5 Å². The minimum Gasteiger partial charge on any atom is -0.444 e. The molecule has 3 heterocycles. The second-order valence-corrected chi connectivity index (χ2v) is 17.4. The van der Waals surface area contributed by atoms with Crippen molar-refractivity contribution in [3.63, 3.8) is 0 Å². The van der Waals surface area contributed by atoms with Gasteiger partial charge < -0.3 is 29.9 Å².